The number of aromatic nitrogens is 2. The summed E-state index contributed by atoms with van der Waals surface area (Å²) in [6.07, 6.45) is 9.35. The van der Waals surface area contributed by atoms with Crippen LogP contribution in [-0.4, -0.2) is 16.6 Å². The summed E-state index contributed by atoms with van der Waals surface area (Å²) in [5, 5.41) is 4.53. The van der Waals surface area contributed by atoms with Crippen molar-refractivity contribution >= 4 is 11.0 Å². The zero-order valence-corrected chi connectivity index (χ0v) is 13.0. The monoisotopic (exact) mass is 273 g/mol. The second-order valence-corrected chi connectivity index (χ2v) is 5.63. The largest absolute Gasteiger partial charge is 0.332 e. The number of hydrogen-bond donors (Lipinski definition) is 1. The summed E-state index contributed by atoms with van der Waals surface area (Å²) in [5.74, 6) is 0.759. The molecule has 20 heavy (non-hydrogen) atoms. The van der Waals surface area contributed by atoms with Crippen LogP contribution < -0.4 is 5.32 Å². The molecule has 0 aliphatic rings. The van der Waals surface area contributed by atoms with Crippen LogP contribution in [0.1, 0.15) is 45.1 Å². The molecule has 110 valence electrons. The molecular weight excluding hydrogens is 246 g/mol. The molecule has 1 atom stereocenters. The minimum Gasteiger partial charge on any atom is -0.332 e. The van der Waals surface area contributed by atoms with Crippen LogP contribution in [-0.2, 0) is 13.1 Å². The van der Waals surface area contributed by atoms with Crippen LogP contribution in [0, 0.1) is 5.92 Å². The lowest BCUT2D eigenvalue weighted by atomic mass is 9.99. The molecule has 0 fully saturated rings. The summed E-state index contributed by atoms with van der Waals surface area (Å²) in [4.78, 5) is 4.59. The maximum Gasteiger partial charge on any atom is 0.140 e. The van der Waals surface area contributed by atoms with Crippen LogP contribution in [0.5, 0.6) is 0 Å². The van der Waals surface area contributed by atoms with E-state index in [1.807, 2.05) is 19.3 Å². The Morgan fingerprint density at radius 1 is 1.35 bits per heavy atom. The third-order valence-electron chi connectivity index (χ3n) is 4.08. The number of nitrogens with zero attached hydrogens (tertiary/aromatic N) is 2. The van der Waals surface area contributed by atoms with Gasteiger partial charge in [0.1, 0.15) is 5.65 Å². The first-order chi connectivity index (χ1) is 9.80. The first kappa shape index (κ1) is 15.0. The van der Waals surface area contributed by atoms with Crippen LogP contribution in [0.15, 0.2) is 24.5 Å². The molecule has 0 aliphatic heterocycles. The number of rotatable bonds is 8. The van der Waals surface area contributed by atoms with Crippen molar-refractivity contribution in [3.8, 4) is 0 Å². The Morgan fingerprint density at radius 3 is 2.90 bits per heavy atom. The molecule has 1 N–H and O–H groups in total. The molecule has 0 saturated heterocycles. The van der Waals surface area contributed by atoms with Crippen LogP contribution in [0.25, 0.3) is 11.0 Å². The molecule has 0 radical (unpaired) electrons. The second kappa shape index (κ2) is 7.44. The van der Waals surface area contributed by atoms with Crippen molar-refractivity contribution in [1.29, 1.82) is 0 Å². The van der Waals surface area contributed by atoms with Crippen molar-refractivity contribution < 1.29 is 0 Å². The zero-order chi connectivity index (χ0) is 14.4. The van der Waals surface area contributed by atoms with E-state index in [4.69, 9.17) is 0 Å². The summed E-state index contributed by atoms with van der Waals surface area (Å²) < 4.78 is 2.35. The lowest BCUT2D eigenvalue weighted by Crippen LogP contribution is -2.10. The maximum absolute atomic E-state index is 4.59. The van der Waals surface area contributed by atoms with Crippen molar-refractivity contribution in [2.45, 2.75) is 52.6 Å². The Morgan fingerprint density at radius 2 is 2.20 bits per heavy atom. The predicted octanol–water partition coefficient (Wildman–Crippen LogP) is 3.97. The number of pyridine rings is 1. The van der Waals surface area contributed by atoms with Gasteiger partial charge >= 0.3 is 0 Å². The van der Waals surface area contributed by atoms with E-state index in [1.165, 1.54) is 36.6 Å². The SMILES string of the molecule is CCCCC(CC)Cn1cc(CNC)c2cccnc21. The molecule has 2 aromatic heterocycles. The Kier molecular flexibility index (Phi) is 5.60. The molecule has 3 nitrogen and oxygen atoms in total. The first-order valence-corrected chi connectivity index (χ1v) is 7.87. The molecule has 0 amide bonds. The highest BCUT2D eigenvalue weighted by Crippen LogP contribution is 2.23. The Hall–Kier alpha value is -1.35. The normalized spacial score (nSPS) is 12.9. The number of hydrogen-bond acceptors (Lipinski definition) is 2. The molecular formula is C17H27N3. The van der Waals surface area contributed by atoms with Gasteiger partial charge in [-0.3, -0.25) is 0 Å². The number of nitrogens with one attached hydrogen (secondary N) is 1. The molecule has 0 spiro atoms. The minimum absolute atomic E-state index is 0.759. The van der Waals surface area contributed by atoms with E-state index in [-0.39, 0.29) is 0 Å². The molecule has 3 heteroatoms. The minimum atomic E-state index is 0.759. The van der Waals surface area contributed by atoms with E-state index >= 15 is 0 Å². The average molecular weight is 273 g/mol. The van der Waals surface area contributed by atoms with Crippen LogP contribution in [0.2, 0.25) is 0 Å². The highest BCUT2D eigenvalue weighted by molar-refractivity contribution is 5.80. The standard InChI is InChI=1S/C17H27N3/c1-4-6-8-14(5-2)12-20-13-15(11-18-3)16-9-7-10-19-17(16)20/h7,9-10,13-14,18H,4-6,8,11-12H2,1-3H3. The molecule has 2 rings (SSSR count). The van der Waals surface area contributed by atoms with Gasteiger partial charge in [-0.1, -0.05) is 33.1 Å². The van der Waals surface area contributed by atoms with Crippen molar-refractivity contribution in [2.75, 3.05) is 7.05 Å². The topological polar surface area (TPSA) is 29.9 Å². The third kappa shape index (κ3) is 3.40. The van der Waals surface area contributed by atoms with Gasteiger partial charge in [0.25, 0.3) is 0 Å². The number of fused-ring (bicyclic) bond motifs is 1. The van der Waals surface area contributed by atoms with Gasteiger partial charge in [-0.15, -0.1) is 0 Å². The van der Waals surface area contributed by atoms with Gasteiger partial charge in [-0.25, -0.2) is 4.98 Å². The van der Waals surface area contributed by atoms with Gasteiger partial charge < -0.3 is 9.88 Å². The zero-order valence-electron chi connectivity index (χ0n) is 13.0. The van der Waals surface area contributed by atoms with E-state index in [9.17, 15) is 0 Å². The Bertz CT molecular complexity index is 530. The predicted molar refractivity (Wildman–Crippen MR) is 85.8 cm³/mol. The third-order valence-corrected chi connectivity index (χ3v) is 4.08. The molecule has 1 unspecified atom stereocenters. The van der Waals surface area contributed by atoms with E-state index in [0.29, 0.717) is 0 Å². The van der Waals surface area contributed by atoms with Gasteiger partial charge in [0, 0.05) is 30.9 Å². The summed E-state index contributed by atoms with van der Waals surface area (Å²) in [6.45, 7) is 6.56. The fourth-order valence-electron chi connectivity index (χ4n) is 2.86. The number of unbranched alkanes of at least 4 members (excludes halogenated alkanes) is 1. The molecule has 2 aromatic rings. The summed E-state index contributed by atoms with van der Waals surface area (Å²) >= 11 is 0. The highest BCUT2D eigenvalue weighted by atomic mass is 15.0. The van der Waals surface area contributed by atoms with Gasteiger partial charge in [0.2, 0.25) is 0 Å². The maximum atomic E-state index is 4.59. The molecule has 2 heterocycles. The lowest BCUT2D eigenvalue weighted by molar-refractivity contribution is 0.395. The van der Waals surface area contributed by atoms with Crippen molar-refractivity contribution in [2.24, 2.45) is 5.92 Å². The molecule has 0 bridgehead atoms. The van der Waals surface area contributed by atoms with Crippen LogP contribution >= 0.6 is 0 Å². The van der Waals surface area contributed by atoms with Gasteiger partial charge in [-0.2, -0.15) is 0 Å². The van der Waals surface area contributed by atoms with E-state index in [2.05, 4.69) is 41.0 Å². The van der Waals surface area contributed by atoms with Gasteiger partial charge in [-0.05, 0) is 37.1 Å². The fourth-order valence-corrected chi connectivity index (χ4v) is 2.86. The fraction of sp³-hybridized carbons (Fsp3) is 0.588. The molecule has 0 saturated carbocycles. The van der Waals surface area contributed by atoms with Crippen molar-refractivity contribution in [1.82, 2.24) is 14.9 Å². The quantitative estimate of drug-likeness (QED) is 0.788. The van der Waals surface area contributed by atoms with E-state index < -0.39 is 0 Å². The Labute approximate surface area is 122 Å². The van der Waals surface area contributed by atoms with E-state index in [1.54, 1.807) is 0 Å². The Balaban J connectivity index is 2.24. The summed E-state index contributed by atoms with van der Waals surface area (Å²) in [6, 6.07) is 4.21. The van der Waals surface area contributed by atoms with Crippen molar-refractivity contribution in [3.63, 3.8) is 0 Å². The molecule has 0 aliphatic carbocycles. The van der Waals surface area contributed by atoms with Crippen LogP contribution in [0.4, 0.5) is 0 Å². The molecule has 0 aromatic carbocycles. The second-order valence-electron chi connectivity index (χ2n) is 5.63. The van der Waals surface area contributed by atoms with Gasteiger partial charge in [0.15, 0.2) is 0 Å². The smallest absolute Gasteiger partial charge is 0.140 e. The van der Waals surface area contributed by atoms with Crippen LogP contribution in [0.3, 0.4) is 0 Å². The first-order valence-electron chi connectivity index (χ1n) is 7.87. The van der Waals surface area contributed by atoms with E-state index in [0.717, 1.165) is 24.7 Å². The van der Waals surface area contributed by atoms with Crippen molar-refractivity contribution in [3.05, 3.63) is 30.1 Å². The summed E-state index contributed by atoms with van der Waals surface area (Å²) in [5.41, 5.74) is 2.48. The lowest BCUT2D eigenvalue weighted by Gasteiger charge is -2.15. The average Bonchev–Trinajstić information content (AvgIpc) is 2.82. The highest BCUT2D eigenvalue weighted by Gasteiger charge is 2.12. The summed E-state index contributed by atoms with van der Waals surface area (Å²) in [7, 11) is 2.00. The van der Waals surface area contributed by atoms with Gasteiger partial charge in [0.05, 0.1) is 0 Å².